The highest BCUT2D eigenvalue weighted by atomic mass is 32.2. The van der Waals surface area contributed by atoms with Crippen molar-refractivity contribution in [3.05, 3.63) is 64.2 Å². The number of anilines is 2. The number of nitro groups is 1. The van der Waals surface area contributed by atoms with E-state index in [0.717, 1.165) is 17.3 Å². The first-order chi connectivity index (χ1) is 15.4. The van der Waals surface area contributed by atoms with E-state index in [1.165, 1.54) is 11.0 Å². The van der Waals surface area contributed by atoms with Crippen LogP contribution in [-0.4, -0.2) is 45.7 Å². The molecule has 0 spiro atoms. The molecule has 2 heterocycles. The first-order valence-corrected chi connectivity index (χ1v) is 11.3. The van der Waals surface area contributed by atoms with Gasteiger partial charge in [0.25, 0.3) is 10.9 Å². The quantitative estimate of drug-likeness (QED) is 0.524. The van der Waals surface area contributed by atoms with Crippen molar-refractivity contribution in [2.24, 2.45) is 5.92 Å². The zero-order valence-corrected chi connectivity index (χ0v) is 18.0. The largest absolute Gasteiger partial charge is 0.366 e. The van der Waals surface area contributed by atoms with E-state index in [0.29, 0.717) is 37.3 Å². The number of nitrogens with zero attached hydrogens (tertiary/aromatic N) is 3. The molecule has 2 aliphatic rings. The summed E-state index contributed by atoms with van der Waals surface area (Å²) in [5, 5.41) is 14.0. The number of amides is 3. The number of thioether (sulfide) groups is 1. The summed E-state index contributed by atoms with van der Waals surface area (Å²) in [6, 6.07) is 13.7. The first-order valence-electron chi connectivity index (χ1n) is 10.3. The Kier molecular flexibility index (Phi) is 6.40. The molecule has 1 N–H and O–H groups in total. The maximum absolute atomic E-state index is 12.7. The Balaban J connectivity index is 1.31. The molecule has 0 radical (unpaired) electrons. The van der Waals surface area contributed by atoms with Crippen LogP contribution in [0.25, 0.3) is 0 Å². The summed E-state index contributed by atoms with van der Waals surface area (Å²) in [5.74, 6) is -0.264. The molecule has 2 aliphatic heterocycles. The summed E-state index contributed by atoms with van der Waals surface area (Å²) in [6.07, 6.45) is 1.21. The standard InChI is InChI=1S/C22H22N4O5S/c27-20-14-32-22(29)25(20)13-15-5-7-17(8-6-15)23-21(28)16-9-11-24(12-10-16)18-3-1-2-4-19(18)26(30)31/h1-8,16H,9-14H2,(H,23,28). The molecule has 0 aliphatic carbocycles. The van der Waals surface area contributed by atoms with Crippen LogP contribution in [0, 0.1) is 16.0 Å². The number of benzene rings is 2. The molecular weight excluding hydrogens is 432 g/mol. The Hall–Kier alpha value is -3.40. The van der Waals surface area contributed by atoms with Gasteiger partial charge in [-0.1, -0.05) is 36.0 Å². The number of rotatable bonds is 6. The predicted octanol–water partition coefficient (Wildman–Crippen LogP) is 3.65. The van der Waals surface area contributed by atoms with Crippen LogP contribution in [0.4, 0.5) is 21.9 Å². The van der Waals surface area contributed by atoms with Crippen LogP contribution in [0.2, 0.25) is 0 Å². The monoisotopic (exact) mass is 454 g/mol. The van der Waals surface area contributed by atoms with Gasteiger partial charge in [0.2, 0.25) is 11.8 Å². The lowest BCUT2D eigenvalue weighted by Crippen LogP contribution is -2.38. The smallest absolute Gasteiger partial charge is 0.292 e. The predicted molar refractivity (Wildman–Crippen MR) is 122 cm³/mol. The van der Waals surface area contributed by atoms with Crippen LogP contribution in [0.15, 0.2) is 48.5 Å². The molecule has 2 aromatic rings. The summed E-state index contributed by atoms with van der Waals surface area (Å²) in [7, 11) is 0. The molecular formula is C22H22N4O5S. The summed E-state index contributed by atoms with van der Waals surface area (Å²) < 4.78 is 0. The third-order valence-corrected chi connectivity index (χ3v) is 6.55. The maximum atomic E-state index is 12.7. The molecule has 0 aromatic heterocycles. The van der Waals surface area contributed by atoms with E-state index in [1.807, 2.05) is 4.90 Å². The van der Waals surface area contributed by atoms with Gasteiger partial charge in [0, 0.05) is 30.8 Å². The van der Waals surface area contributed by atoms with Crippen molar-refractivity contribution >= 4 is 45.9 Å². The van der Waals surface area contributed by atoms with Crippen LogP contribution in [0.5, 0.6) is 0 Å². The van der Waals surface area contributed by atoms with Crippen molar-refractivity contribution in [1.82, 2.24) is 4.90 Å². The second kappa shape index (κ2) is 9.39. The molecule has 32 heavy (non-hydrogen) atoms. The van der Waals surface area contributed by atoms with Gasteiger partial charge in [0.15, 0.2) is 0 Å². The highest BCUT2D eigenvalue weighted by molar-refractivity contribution is 8.14. The highest BCUT2D eigenvalue weighted by Crippen LogP contribution is 2.31. The summed E-state index contributed by atoms with van der Waals surface area (Å²) in [6.45, 7) is 1.36. The van der Waals surface area contributed by atoms with Gasteiger partial charge in [-0.25, -0.2) is 0 Å². The van der Waals surface area contributed by atoms with E-state index in [-0.39, 0.29) is 45.9 Å². The van der Waals surface area contributed by atoms with E-state index >= 15 is 0 Å². The number of carbonyl (C=O) groups excluding carboxylic acids is 3. The molecule has 0 bridgehead atoms. The number of imide groups is 1. The van der Waals surface area contributed by atoms with Gasteiger partial charge >= 0.3 is 0 Å². The van der Waals surface area contributed by atoms with E-state index in [4.69, 9.17) is 0 Å². The number of nitro benzene ring substituents is 1. The molecule has 2 fully saturated rings. The molecule has 0 saturated carbocycles. The number of piperidine rings is 1. The lowest BCUT2D eigenvalue weighted by molar-refractivity contribution is -0.384. The summed E-state index contributed by atoms with van der Waals surface area (Å²) >= 11 is 1.00. The summed E-state index contributed by atoms with van der Waals surface area (Å²) in [5.41, 5.74) is 2.12. The van der Waals surface area contributed by atoms with Gasteiger partial charge in [-0.05, 0) is 36.6 Å². The van der Waals surface area contributed by atoms with Crippen LogP contribution in [-0.2, 0) is 16.1 Å². The van der Waals surface area contributed by atoms with Crippen LogP contribution in [0.1, 0.15) is 18.4 Å². The average Bonchev–Trinajstić information content (AvgIpc) is 3.12. The van der Waals surface area contributed by atoms with Gasteiger partial charge in [0.05, 0.1) is 17.2 Å². The van der Waals surface area contributed by atoms with Gasteiger partial charge in [-0.3, -0.25) is 29.4 Å². The number of nitrogens with one attached hydrogen (secondary N) is 1. The zero-order valence-electron chi connectivity index (χ0n) is 17.2. The Morgan fingerprint density at radius 1 is 1.09 bits per heavy atom. The van der Waals surface area contributed by atoms with Crippen molar-refractivity contribution in [1.29, 1.82) is 0 Å². The van der Waals surface area contributed by atoms with Gasteiger partial charge in [-0.15, -0.1) is 0 Å². The molecule has 0 atom stereocenters. The van der Waals surface area contributed by atoms with Gasteiger partial charge in [-0.2, -0.15) is 0 Å². The van der Waals surface area contributed by atoms with Crippen LogP contribution < -0.4 is 10.2 Å². The topological polar surface area (TPSA) is 113 Å². The fourth-order valence-corrected chi connectivity index (χ4v) is 4.65. The lowest BCUT2D eigenvalue weighted by Gasteiger charge is -2.32. The number of para-hydroxylation sites is 2. The normalized spacial score (nSPS) is 17.0. The molecule has 2 saturated heterocycles. The van der Waals surface area contributed by atoms with Crippen molar-refractivity contribution in [2.75, 3.05) is 29.1 Å². The molecule has 166 valence electrons. The maximum Gasteiger partial charge on any atom is 0.292 e. The Morgan fingerprint density at radius 2 is 1.78 bits per heavy atom. The minimum absolute atomic E-state index is 0.0754. The highest BCUT2D eigenvalue weighted by Gasteiger charge is 2.30. The fraction of sp³-hybridized carbons (Fsp3) is 0.318. The van der Waals surface area contributed by atoms with Gasteiger partial charge < -0.3 is 10.2 Å². The lowest BCUT2D eigenvalue weighted by atomic mass is 9.95. The van der Waals surface area contributed by atoms with Crippen LogP contribution >= 0.6 is 11.8 Å². The first kappa shape index (κ1) is 21.8. The van der Waals surface area contributed by atoms with Gasteiger partial charge in [0.1, 0.15) is 5.69 Å². The van der Waals surface area contributed by atoms with E-state index in [2.05, 4.69) is 5.32 Å². The number of carbonyl (C=O) groups is 3. The molecule has 2 aromatic carbocycles. The zero-order chi connectivity index (χ0) is 22.7. The molecule has 3 amide bonds. The van der Waals surface area contributed by atoms with E-state index in [1.54, 1.807) is 42.5 Å². The second-order valence-corrected chi connectivity index (χ2v) is 8.65. The molecule has 0 unspecified atom stereocenters. The van der Waals surface area contributed by atoms with Crippen molar-refractivity contribution in [3.63, 3.8) is 0 Å². The minimum atomic E-state index is -0.383. The van der Waals surface area contributed by atoms with Crippen molar-refractivity contribution < 1.29 is 19.3 Å². The summed E-state index contributed by atoms with van der Waals surface area (Å²) in [4.78, 5) is 50.2. The minimum Gasteiger partial charge on any atom is -0.366 e. The third kappa shape index (κ3) is 4.75. The van der Waals surface area contributed by atoms with Crippen LogP contribution in [0.3, 0.4) is 0 Å². The average molecular weight is 455 g/mol. The SMILES string of the molecule is O=C(Nc1ccc(CN2C(=O)CSC2=O)cc1)C1CCN(c2ccccc2[N+](=O)[O-])CC1. The number of hydrogen-bond acceptors (Lipinski definition) is 7. The number of hydrogen-bond donors (Lipinski definition) is 1. The molecule has 10 heteroatoms. The van der Waals surface area contributed by atoms with Crippen molar-refractivity contribution in [2.45, 2.75) is 19.4 Å². The second-order valence-electron chi connectivity index (χ2n) is 7.73. The molecule has 9 nitrogen and oxygen atoms in total. The fourth-order valence-electron chi connectivity index (χ4n) is 3.92. The third-order valence-electron chi connectivity index (χ3n) is 5.69. The van der Waals surface area contributed by atoms with Crippen molar-refractivity contribution in [3.8, 4) is 0 Å². The van der Waals surface area contributed by atoms with E-state index in [9.17, 15) is 24.5 Å². The molecule has 4 rings (SSSR count). The Bertz CT molecular complexity index is 1030. The Morgan fingerprint density at radius 3 is 2.41 bits per heavy atom. The Labute approximate surface area is 188 Å². The van der Waals surface area contributed by atoms with E-state index < -0.39 is 0 Å².